The third-order valence-electron chi connectivity index (χ3n) is 4.83. The van der Waals surface area contributed by atoms with Crippen LogP contribution in [0.3, 0.4) is 0 Å². The van der Waals surface area contributed by atoms with E-state index in [2.05, 4.69) is 0 Å². The number of aliphatic hydroxyl groups is 2. The second kappa shape index (κ2) is 7.59. The van der Waals surface area contributed by atoms with Crippen LogP contribution in [0, 0.1) is 0 Å². The fourth-order valence-corrected chi connectivity index (χ4v) is 8.43. The molecule has 5 heterocycles. The predicted octanol–water partition coefficient (Wildman–Crippen LogP) is 6.56. The Morgan fingerprint density at radius 3 is 1.00 bits per heavy atom. The minimum Gasteiger partial charge on any atom is -0.374 e. The number of rotatable bonds is 6. The van der Waals surface area contributed by atoms with Crippen molar-refractivity contribution in [2.45, 2.75) is 11.2 Å². The Kier molecular flexibility index (Phi) is 5.08. The second-order valence-corrected chi connectivity index (χ2v) is 11.4. The summed E-state index contributed by atoms with van der Waals surface area (Å²) in [4.78, 5) is 5.13. The maximum Gasteiger partial charge on any atom is 0.167 e. The number of thiophene rings is 5. The van der Waals surface area contributed by atoms with Crippen LogP contribution >= 0.6 is 56.7 Å². The van der Waals surface area contributed by atoms with E-state index < -0.39 is 11.2 Å². The molecule has 0 amide bonds. The molecule has 0 bridgehead atoms. The molecule has 7 heteroatoms. The minimum absolute atomic E-state index is 0.809. The van der Waals surface area contributed by atoms with Gasteiger partial charge in [-0.15, -0.1) is 56.7 Å². The van der Waals surface area contributed by atoms with E-state index in [1.807, 2.05) is 82.2 Å². The van der Waals surface area contributed by atoms with Crippen molar-refractivity contribution in [3.8, 4) is 0 Å². The lowest BCUT2D eigenvalue weighted by atomic mass is 9.96. The summed E-state index contributed by atoms with van der Waals surface area (Å²) in [6.45, 7) is 0. The van der Waals surface area contributed by atoms with Crippen molar-refractivity contribution >= 4 is 56.7 Å². The maximum atomic E-state index is 11.9. The van der Waals surface area contributed by atoms with Gasteiger partial charge < -0.3 is 10.2 Å². The molecule has 29 heavy (non-hydrogen) atoms. The third-order valence-corrected chi connectivity index (χ3v) is 10.0. The van der Waals surface area contributed by atoms with Gasteiger partial charge in [0.15, 0.2) is 11.2 Å². The van der Waals surface area contributed by atoms with Crippen LogP contribution < -0.4 is 0 Å². The SMILES string of the molecule is OC(c1cccs1)(c1cccs1)c1ccc(C(O)(c2cccs2)c2cccs2)s1. The van der Waals surface area contributed by atoms with E-state index in [-0.39, 0.29) is 0 Å². The van der Waals surface area contributed by atoms with Crippen molar-refractivity contribution < 1.29 is 10.2 Å². The summed E-state index contributed by atoms with van der Waals surface area (Å²) in [5, 5.41) is 31.7. The summed E-state index contributed by atoms with van der Waals surface area (Å²) in [7, 11) is 0. The largest absolute Gasteiger partial charge is 0.374 e. The molecule has 5 rings (SSSR count). The van der Waals surface area contributed by atoms with Crippen LogP contribution in [0.25, 0.3) is 0 Å². The van der Waals surface area contributed by atoms with Crippen molar-refractivity contribution in [3.63, 3.8) is 0 Å². The van der Waals surface area contributed by atoms with Gasteiger partial charge in [0.1, 0.15) is 0 Å². The Balaban J connectivity index is 1.68. The van der Waals surface area contributed by atoms with E-state index in [1.165, 1.54) is 11.3 Å². The molecule has 0 spiro atoms. The molecule has 5 aromatic heterocycles. The number of hydrogen-bond acceptors (Lipinski definition) is 7. The van der Waals surface area contributed by atoms with Crippen molar-refractivity contribution in [2.24, 2.45) is 0 Å². The predicted molar refractivity (Wildman–Crippen MR) is 126 cm³/mol. The van der Waals surface area contributed by atoms with Crippen LogP contribution in [0.4, 0.5) is 0 Å². The van der Waals surface area contributed by atoms with E-state index >= 15 is 0 Å². The van der Waals surface area contributed by atoms with Crippen LogP contribution in [0.1, 0.15) is 29.3 Å². The smallest absolute Gasteiger partial charge is 0.167 e. The second-order valence-electron chi connectivity index (χ2n) is 6.49. The van der Waals surface area contributed by atoms with Crippen molar-refractivity contribution in [3.05, 3.63) is 111 Å². The molecule has 2 N–H and O–H groups in total. The monoisotopic (exact) mass is 472 g/mol. The molecule has 2 nitrogen and oxygen atoms in total. The molecule has 0 fully saturated rings. The zero-order chi connectivity index (χ0) is 19.9. The summed E-state index contributed by atoms with van der Waals surface area (Å²) >= 11 is 7.63. The first-order valence-electron chi connectivity index (χ1n) is 8.85. The summed E-state index contributed by atoms with van der Waals surface area (Å²) in [5.41, 5.74) is -2.42. The maximum absolute atomic E-state index is 11.9. The third kappa shape index (κ3) is 3.09. The lowest BCUT2D eigenvalue weighted by molar-refractivity contribution is 0.136. The van der Waals surface area contributed by atoms with E-state index in [4.69, 9.17) is 0 Å². The molecule has 0 unspecified atom stereocenters. The zero-order valence-electron chi connectivity index (χ0n) is 15.0. The fraction of sp³-hybridized carbons (Fsp3) is 0.0909. The Morgan fingerprint density at radius 2 is 0.759 bits per heavy atom. The van der Waals surface area contributed by atoms with Crippen LogP contribution in [-0.2, 0) is 11.2 Å². The van der Waals surface area contributed by atoms with Gasteiger partial charge in [-0.05, 0) is 57.9 Å². The standard InChI is InChI=1S/C22H16O2S5/c23-21(15-5-1-11-25-15,16-6-2-12-26-16)19-9-10-20(29-19)22(24,17-7-3-13-27-17)18-8-4-14-28-18/h1-14,23-24H. The molecular weight excluding hydrogens is 457 g/mol. The first-order chi connectivity index (χ1) is 14.1. The number of hydrogen-bond donors (Lipinski definition) is 2. The van der Waals surface area contributed by atoms with Crippen molar-refractivity contribution in [1.29, 1.82) is 0 Å². The quantitative estimate of drug-likeness (QED) is 0.294. The Hall–Kier alpha value is -1.58. The Labute approximate surface area is 188 Å². The summed E-state index contributed by atoms with van der Waals surface area (Å²) < 4.78 is 0. The van der Waals surface area contributed by atoms with Gasteiger partial charge in [0.25, 0.3) is 0 Å². The molecule has 0 saturated carbocycles. The van der Waals surface area contributed by atoms with Gasteiger partial charge in [-0.2, -0.15) is 0 Å². The minimum atomic E-state index is -1.21. The summed E-state index contributed by atoms with van der Waals surface area (Å²) in [6, 6.07) is 19.6. The van der Waals surface area contributed by atoms with E-state index in [0.717, 1.165) is 29.3 Å². The molecule has 0 aromatic carbocycles. The van der Waals surface area contributed by atoms with Crippen LogP contribution in [-0.4, -0.2) is 10.2 Å². The van der Waals surface area contributed by atoms with Crippen LogP contribution in [0.15, 0.2) is 82.2 Å². The lowest BCUT2D eigenvalue weighted by Gasteiger charge is -2.27. The highest BCUT2D eigenvalue weighted by atomic mass is 32.1. The molecule has 146 valence electrons. The average molecular weight is 473 g/mol. The molecule has 0 atom stereocenters. The van der Waals surface area contributed by atoms with Gasteiger partial charge >= 0.3 is 0 Å². The molecule has 5 aromatic rings. The Bertz CT molecular complexity index is 1000. The Morgan fingerprint density at radius 1 is 0.448 bits per heavy atom. The first kappa shape index (κ1) is 19.4. The molecule has 0 radical (unpaired) electrons. The first-order valence-corrected chi connectivity index (χ1v) is 13.2. The van der Waals surface area contributed by atoms with Gasteiger partial charge in [0.05, 0.1) is 0 Å². The molecular formula is C22H16O2S5. The van der Waals surface area contributed by atoms with Gasteiger partial charge in [0.2, 0.25) is 0 Å². The zero-order valence-corrected chi connectivity index (χ0v) is 19.1. The highest BCUT2D eigenvalue weighted by Gasteiger charge is 2.42. The van der Waals surface area contributed by atoms with E-state index in [0.29, 0.717) is 0 Å². The molecule has 0 aliphatic carbocycles. The van der Waals surface area contributed by atoms with Crippen LogP contribution in [0.2, 0.25) is 0 Å². The average Bonchev–Trinajstić information content (AvgIpc) is 3.60. The van der Waals surface area contributed by atoms with E-state index in [9.17, 15) is 10.2 Å². The molecule has 0 aliphatic rings. The highest BCUT2D eigenvalue weighted by molar-refractivity contribution is 7.15. The van der Waals surface area contributed by atoms with Gasteiger partial charge in [-0.3, -0.25) is 0 Å². The fourth-order valence-electron chi connectivity index (χ4n) is 3.39. The van der Waals surface area contributed by atoms with Gasteiger partial charge in [-0.1, -0.05) is 24.3 Å². The molecule has 0 saturated heterocycles. The lowest BCUT2D eigenvalue weighted by Crippen LogP contribution is -2.26. The summed E-state index contributed by atoms with van der Waals surface area (Å²) in [6.07, 6.45) is 0. The van der Waals surface area contributed by atoms with Crippen LogP contribution in [0.5, 0.6) is 0 Å². The van der Waals surface area contributed by atoms with Gasteiger partial charge in [-0.25, -0.2) is 0 Å². The van der Waals surface area contributed by atoms with E-state index in [1.54, 1.807) is 45.3 Å². The highest BCUT2D eigenvalue weighted by Crippen LogP contribution is 2.48. The normalized spacial score (nSPS) is 12.5. The van der Waals surface area contributed by atoms with Gasteiger partial charge in [0, 0.05) is 29.3 Å². The van der Waals surface area contributed by atoms with Crippen molar-refractivity contribution in [1.82, 2.24) is 0 Å². The topological polar surface area (TPSA) is 40.5 Å². The van der Waals surface area contributed by atoms with Crippen molar-refractivity contribution in [2.75, 3.05) is 0 Å². The molecule has 0 aliphatic heterocycles. The summed E-state index contributed by atoms with van der Waals surface area (Å²) in [5.74, 6) is 0.